The molecule has 0 fully saturated rings. The molecule has 0 N–H and O–H groups in total. The number of alkyl halides is 3. The highest BCUT2D eigenvalue weighted by Gasteiger charge is 2.31. The zero-order valence-electron chi connectivity index (χ0n) is 10.2. The van der Waals surface area contributed by atoms with Crippen LogP contribution in [0.1, 0.15) is 15.9 Å². The van der Waals surface area contributed by atoms with Gasteiger partial charge in [-0.2, -0.15) is 0 Å². The molecule has 0 heterocycles. The van der Waals surface area contributed by atoms with E-state index in [1.165, 1.54) is 30.3 Å². The van der Waals surface area contributed by atoms with Crippen LogP contribution in [0.4, 0.5) is 13.2 Å². The molecule has 21 heavy (non-hydrogen) atoms. The average Bonchev–Trinajstić information content (AvgIpc) is 2.39. The second-order valence-corrected chi connectivity index (χ2v) is 4.85. The third kappa shape index (κ3) is 4.12. The van der Waals surface area contributed by atoms with Gasteiger partial charge in [-0.05, 0) is 30.3 Å². The summed E-state index contributed by atoms with van der Waals surface area (Å²) >= 11 is 11.5. The molecular formula is C14H7Cl2F3O2. The van der Waals surface area contributed by atoms with Gasteiger partial charge in [0.05, 0.1) is 10.0 Å². The Balaban J connectivity index is 2.31. The largest absolute Gasteiger partial charge is 0.573 e. The van der Waals surface area contributed by atoms with Crippen molar-refractivity contribution in [3.8, 4) is 5.75 Å². The molecule has 0 radical (unpaired) electrons. The van der Waals surface area contributed by atoms with Crippen molar-refractivity contribution in [2.75, 3.05) is 0 Å². The first-order valence-corrected chi connectivity index (χ1v) is 6.37. The molecule has 0 spiro atoms. The summed E-state index contributed by atoms with van der Waals surface area (Å²) in [4.78, 5) is 12.2. The van der Waals surface area contributed by atoms with Gasteiger partial charge in [0, 0.05) is 11.1 Å². The SMILES string of the molecule is O=C(c1cccc(OC(F)(F)F)c1)c1ccc(Cl)c(Cl)c1. The number of ether oxygens (including phenoxy) is 1. The Morgan fingerprint density at radius 2 is 1.62 bits per heavy atom. The first-order valence-electron chi connectivity index (χ1n) is 5.62. The molecule has 2 rings (SSSR count). The number of rotatable bonds is 3. The van der Waals surface area contributed by atoms with E-state index in [0.29, 0.717) is 0 Å². The molecule has 0 aliphatic carbocycles. The van der Waals surface area contributed by atoms with Crippen LogP contribution in [0.5, 0.6) is 5.75 Å². The maximum absolute atomic E-state index is 12.2. The van der Waals surface area contributed by atoms with Gasteiger partial charge in [0.2, 0.25) is 0 Å². The smallest absolute Gasteiger partial charge is 0.406 e. The van der Waals surface area contributed by atoms with Gasteiger partial charge < -0.3 is 4.74 Å². The Morgan fingerprint density at radius 3 is 2.24 bits per heavy atom. The number of ketones is 1. The van der Waals surface area contributed by atoms with Crippen LogP contribution in [-0.2, 0) is 0 Å². The summed E-state index contributed by atoms with van der Waals surface area (Å²) in [5.41, 5.74) is 0.267. The molecule has 2 nitrogen and oxygen atoms in total. The fourth-order valence-corrected chi connectivity index (χ4v) is 1.94. The third-order valence-electron chi connectivity index (χ3n) is 2.51. The first kappa shape index (κ1) is 15.7. The zero-order chi connectivity index (χ0) is 15.6. The summed E-state index contributed by atoms with van der Waals surface area (Å²) < 4.78 is 40.2. The number of hydrogen-bond donors (Lipinski definition) is 0. The molecule has 0 saturated heterocycles. The molecular weight excluding hydrogens is 328 g/mol. The highest BCUT2D eigenvalue weighted by atomic mass is 35.5. The molecule has 0 aliphatic heterocycles. The van der Waals surface area contributed by atoms with Crippen LogP contribution in [0.25, 0.3) is 0 Å². The molecule has 110 valence electrons. The van der Waals surface area contributed by atoms with E-state index in [9.17, 15) is 18.0 Å². The lowest BCUT2D eigenvalue weighted by molar-refractivity contribution is -0.274. The summed E-state index contributed by atoms with van der Waals surface area (Å²) in [6.45, 7) is 0. The van der Waals surface area contributed by atoms with E-state index >= 15 is 0 Å². The monoisotopic (exact) mass is 334 g/mol. The maximum Gasteiger partial charge on any atom is 0.573 e. The average molecular weight is 335 g/mol. The fraction of sp³-hybridized carbons (Fsp3) is 0.0714. The standard InChI is InChI=1S/C14H7Cl2F3O2/c15-11-5-4-9(7-12(11)16)13(20)8-2-1-3-10(6-8)21-14(17,18)19/h1-7H. The van der Waals surface area contributed by atoms with Crippen molar-refractivity contribution in [3.05, 3.63) is 63.6 Å². The Morgan fingerprint density at radius 1 is 0.952 bits per heavy atom. The van der Waals surface area contributed by atoms with Crippen LogP contribution >= 0.6 is 23.2 Å². The van der Waals surface area contributed by atoms with E-state index < -0.39 is 17.9 Å². The van der Waals surface area contributed by atoms with Crippen LogP contribution < -0.4 is 4.74 Å². The topological polar surface area (TPSA) is 26.3 Å². The molecule has 0 aromatic heterocycles. The van der Waals surface area contributed by atoms with Gasteiger partial charge in [-0.1, -0.05) is 35.3 Å². The Bertz CT molecular complexity index is 684. The summed E-state index contributed by atoms with van der Waals surface area (Å²) in [7, 11) is 0. The molecule has 0 bridgehead atoms. The highest BCUT2D eigenvalue weighted by molar-refractivity contribution is 6.42. The zero-order valence-corrected chi connectivity index (χ0v) is 11.8. The van der Waals surface area contributed by atoms with E-state index in [1.54, 1.807) is 0 Å². The molecule has 0 aliphatic rings. The van der Waals surface area contributed by atoms with E-state index in [0.717, 1.165) is 12.1 Å². The fourth-order valence-electron chi connectivity index (χ4n) is 1.64. The lowest BCUT2D eigenvalue weighted by Crippen LogP contribution is -2.17. The first-order chi connectivity index (χ1) is 9.76. The van der Waals surface area contributed by atoms with Gasteiger partial charge in [-0.3, -0.25) is 4.79 Å². The van der Waals surface area contributed by atoms with E-state index in [4.69, 9.17) is 23.2 Å². The number of halogens is 5. The summed E-state index contributed by atoms with van der Waals surface area (Å²) in [5, 5.41) is 0.465. The van der Waals surface area contributed by atoms with E-state index in [1.807, 2.05) is 0 Å². The van der Waals surface area contributed by atoms with Gasteiger partial charge >= 0.3 is 6.36 Å². The van der Waals surface area contributed by atoms with Gasteiger partial charge in [0.1, 0.15) is 5.75 Å². The Kier molecular flexibility index (Phi) is 4.44. The lowest BCUT2D eigenvalue weighted by Gasteiger charge is -2.10. The Hall–Kier alpha value is -1.72. The number of carbonyl (C=O) groups excluding carboxylic acids is 1. The molecule has 0 unspecified atom stereocenters. The second-order valence-electron chi connectivity index (χ2n) is 4.03. The lowest BCUT2D eigenvalue weighted by atomic mass is 10.0. The number of benzene rings is 2. The normalized spacial score (nSPS) is 11.3. The van der Waals surface area contributed by atoms with E-state index in [-0.39, 0.29) is 21.2 Å². The molecule has 7 heteroatoms. The van der Waals surface area contributed by atoms with Crippen molar-refractivity contribution >= 4 is 29.0 Å². The predicted molar refractivity (Wildman–Crippen MR) is 73.0 cm³/mol. The van der Waals surface area contributed by atoms with Crippen molar-refractivity contribution in [3.63, 3.8) is 0 Å². The van der Waals surface area contributed by atoms with Crippen molar-refractivity contribution in [2.24, 2.45) is 0 Å². The maximum atomic E-state index is 12.2. The molecule has 2 aromatic rings. The molecule has 0 saturated carbocycles. The van der Waals surface area contributed by atoms with Crippen molar-refractivity contribution in [1.29, 1.82) is 0 Å². The second kappa shape index (κ2) is 5.95. The minimum atomic E-state index is -4.81. The van der Waals surface area contributed by atoms with Crippen molar-refractivity contribution in [2.45, 2.75) is 6.36 Å². The highest BCUT2D eigenvalue weighted by Crippen LogP contribution is 2.26. The minimum absolute atomic E-state index is 0.0511. The van der Waals surface area contributed by atoms with Crippen LogP contribution in [0.2, 0.25) is 10.0 Å². The third-order valence-corrected chi connectivity index (χ3v) is 3.25. The predicted octanol–water partition coefficient (Wildman–Crippen LogP) is 5.12. The molecule has 2 aromatic carbocycles. The van der Waals surface area contributed by atoms with Gasteiger partial charge in [-0.25, -0.2) is 0 Å². The number of hydrogen-bond acceptors (Lipinski definition) is 2. The minimum Gasteiger partial charge on any atom is -0.406 e. The van der Waals surface area contributed by atoms with Gasteiger partial charge in [-0.15, -0.1) is 13.2 Å². The van der Waals surface area contributed by atoms with Crippen LogP contribution in [0, 0.1) is 0 Å². The van der Waals surface area contributed by atoms with Gasteiger partial charge in [0.25, 0.3) is 0 Å². The quantitative estimate of drug-likeness (QED) is 0.728. The molecule has 0 atom stereocenters. The summed E-state index contributed by atoms with van der Waals surface area (Å²) in [6.07, 6.45) is -4.81. The van der Waals surface area contributed by atoms with Crippen LogP contribution in [0.3, 0.4) is 0 Å². The van der Waals surface area contributed by atoms with Crippen LogP contribution in [0.15, 0.2) is 42.5 Å². The summed E-state index contributed by atoms with van der Waals surface area (Å²) in [6, 6.07) is 9.03. The van der Waals surface area contributed by atoms with Crippen molar-refractivity contribution in [1.82, 2.24) is 0 Å². The van der Waals surface area contributed by atoms with E-state index in [2.05, 4.69) is 4.74 Å². The van der Waals surface area contributed by atoms with Crippen molar-refractivity contribution < 1.29 is 22.7 Å². The van der Waals surface area contributed by atoms with Gasteiger partial charge in [0.15, 0.2) is 5.78 Å². The Labute approximate surface area is 128 Å². The van der Waals surface area contributed by atoms with Crippen LogP contribution in [-0.4, -0.2) is 12.1 Å². The summed E-state index contributed by atoms with van der Waals surface area (Å²) in [5.74, 6) is -0.949. The number of carbonyl (C=O) groups is 1. The molecule has 0 amide bonds.